The minimum Gasteiger partial charge on any atom is -0.481 e. The maximum atomic E-state index is 5.73. The molecule has 5 nitrogen and oxygen atoms in total. The molecule has 0 saturated carbocycles. The molecule has 2 aromatic rings. The van der Waals surface area contributed by atoms with Crippen molar-refractivity contribution in [2.24, 2.45) is 0 Å². The van der Waals surface area contributed by atoms with E-state index >= 15 is 0 Å². The van der Waals surface area contributed by atoms with Crippen LogP contribution in [-0.2, 0) is 5.41 Å². The molecule has 0 aliphatic heterocycles. The standard InChI is InChI=1S/C15H19N3O2/c1-15(2,3)10-6-5-7-11(8-10)20-13-9-12(19-4)17-14(16)18-13/h5-9H,1-4H3,(H2,16,17,18). The molecule has 2 rings (SSSR count). The molecule has 0 bridgehead atoms. The predicted molar refractivity (Wildman–Crippen MR) is 78.2 cm³/mol. The van der Waals surface area contributed by atoms with Crippen LogP contribution in [0.15, 0.2) is 30.3 Å². The number of nitrogens with two attached hydrogens (primary N) is 1. The summed E-state index contributed by atoms with van der Waals surface area (Å²) in [7, 11) is 1.52. The van der Waals surface area contributed by atoms with Crippen LogP contribution < -0.4 is 15.2 Å². The average molecular weight is 273 g/mol. The SMILES string of the molecule is COc1cc(Oc2cccc(C(C)(C)C)c2)nc(N)n1. The van der Waals surface area contributed by atoms with E-state index in [4.69, 9.17) is 15.2 Å². The van der Waals surface area contributed by atoms with E-state index in [0.717, 1.165) is 0 Å². The number of anilines is 1. The first-order valence-electron chi connectivity index (χ1n) is 6.35. The molecule has 0 radical (unpaired) electrons. The zero-order valence-corrected chi connectivity index (χ0v) is 12.2. The van der Waals surface area contributed by atoms with Crippen molar-refractivity contribution in [3.05, 3.63) is 35.9 Å². The van der Waals surface area contributed by atoms with Gasteiger partial charge in [-0.25, -0.2) is 0 Å². The van der Waals surface area contributed by atoms with Crippen molar-refractivity contribution >= 4 is 5.95 Å². The van der Waals surface area contributed by atoms with Crippen molar-refractivity contribution in [2.75, 3.05) is 12.8 Å². The smallest absolute Gasteiger partial charge is 0.227 e. The van der Waals surface area contributed by atoms with E-state index in [1.54, 1.807) is 6.07 Å². The van der Waals surface area contributed by atoms with E-state index in [1.807, 2.05) is 18.2 Å². The third-order valence-corrected chi connectivity index (χ3v) is 2.83. The Labute approximate surface area is 118 Å². The van der Waals surface area contributed by atoms with Gasteiger partial charge in [-0.1, -0.05) is 32.9 Å². The summed E-state index contributed by atoms with van der Waals surface area (Å²) in [6.45, 7) is 6.45. The van der Waals surface area contributed by atoms with Gasteiger partial charge in [-0.3, -0.25) is 0 Å². The Bertz CT molecular complexity index is 606. The van der Waals surface area contributed by atoms with Crippen LogP contribution >= 0.6 is 0 Å². The summed E-state index contributed by atoms with van der Waals surface area (Å²) in [5.74, 6) is 1.56. The molecule has 0 spiro atoms. The van der Waals surface area contributed by atoms with Gasteiger partial charge >= 0.3 is 0 Å². The van der Waals surface area contributed by atoms with Crippen molar-refractivity contribution in [1.29, 1.82) is 0 Å². The van der Waals surface area contributed by atoms with Crippen LogP contribution in [0.3, 0.4) is 0 Å². The number of hydrogen-bond acceptors (Lipinski definition) is 5. The molecule has 0 fully saturated rings. The molecule has 0 aliphatic rings. The second-order valence-corrected chi connectivity index (χ2v) is 5.49. The number of methoxy groups -OCH3 is 1. The Hall–Kier alpha value is -2.30. The molecular formula is C15H19N3O2. The first-order valence-corrected chi connectivity index (χ1v) is 6.35. The van der Waals surface area contributed by atoms with Crippen molar-refractivity contribution in [3.8, 4) is 17.5 Å². The van der Waals surface area contributed by atoms with Crippen LogP contribution in [0.25, 0.3) is 0 Å². The lowest BCUT2D eigenvalue weighted by atomic mass is 9.87. The highest BCUT2D eigenvalue weighted by atomic mass is 16.5. The van der Waals surface area contributed by atoms with E-state index in [9.17, 15) is 0 Å². The lowest BCUT2D eigenvalue weighted by Crippen LogP contribution is -2.10. The number of hydrogen-bond donors (Lipinski definition) is 1. The Kier molecular flexibility index (Phi) is 3.79. The van der Waals surface area contributed by atoms with E-state index in [1.165, 1.54) is 12.7 Å². The number of ether oxygens (including phenoxy) is 2. The lowest BCUT2D eigenvalue weighted by Gasteiger charge is -2.19. The van der Waals surface area contributed by atoms with Gasteiger partial charge in [0.05, 0.1) is 13.2 Å². The predicted octanol–water partition coefficient (Wildman–Crippen LogP) is 3.16. The summed E-state index contributed by atoms with van der Waals surface area (Å²) >= 11 is 0. The summed E-state index contributed by atoms with van der Waals surface area (Å²) in [4.78, 5) is 7.95. The number of rotatable bonds is 3. The van der Waals surface area contributed by atoms with E-state index in [0.29, 0.717) is 17.5 Å². The maximum absolute atomic E-state index is 5.73. The maximum Gasteiger partial charge on any atom is 0.227 e. The summed E-state index contributed by atoms with van der Waals surface area (Å²) < 4.78 is 10.8. The van der Waals surface area contributed by atoms with Crippen LogP contribution in [0.1, 0.15) is 26.3 Å². The number of aromatic nitrogens is 2. The summed E-state index contributed by atoms with van der Waals surface area (Å²) in [5.41, 5.74) is 6.85. The van der Waals surface area contributed by atoms with Gasteiger partial charge in [0.2, 0.25) is 17.7 Å². The van der Waals surface area contributed by atoms with Gasteiger partial charge in [-0.2, -0.15) is 9.97 Å². The molecule has 0 aliphatic carbocycles. The Balaban J connectivity index is 2.28. The molecule has 20 heavy (non-hydrogen) atoms. The summed E-state index contributed by atoms with van der Waals surface area (Å²) in [6.07, 6.45) is 0. The monoisotopic (exact) mass is 273 g/mol. The fraction of sp³-hybridized carbons (Fsp3) is 0.333. The van der Waals surface area contributed by atoms with Crippen LogP contribution in [0.4, 0.5) is 5.95 Å². The number of nitrogens with zero attached hydrogens (tertiary/aromatic N) is 2. The van der Waals surface area contributed by atoms with Crippen molar-refractivity contribution in [3.63, 3.8) is 0 Å². The quantitative estimate of drug-likeness (QED) is 0.930. The van der Waals surface area contributed by atoms with E-state index < -0.39 is 0 Å². The number of nitrogen functional groups attached to an aromatic ring is 1. The lowest BCUT2D eigenvalue weighted by molar-refractivity contribution is 0.389. The highest BCUT2D eigenvalue weighted by molar-refractivity contribution is 5.37. The summed E-state index contributed by atoms with van der Waals surface area (Å²) in [6, 6.07) is 9.49. The number of benzene rings is 1. The van der Waals surface area contributed by atoms with Crippen LogP contribution in [0, 0.1) is 0 Å². The van der Waals surface area contributed by atoms with Gasteiger partial charge in [0.1, 0.15) is 5.75 Å². The van der Waals surface area contributed by atoms with Crippen molar-refractivity contribution in [1.82, 2.24) is 9.97 Å². The molecular weight excluding hydrogens is 254 g/mol. The zero-order valence-electron chi connectivity index (χ0n) is 12.2. The average Bonchev–Trinajstić information content (AvgIpc) is 2.37. The minimum absolute atomic E-state index is 0.0573. The molecule has 1 heterocycles. The Morgan fingerprint density at radius 3 is 2.40 bits per heavy atom. The van der Waals surface area contributed by atoms with E-state index in [2.05, 4.69) is 36.8 Å². The normalized spacial score (nSPS) is 11.2. The van der Waals surface area contributed by atoms with Crippen LogP contribution in [0.5, 0.6) is 17.5 Å². The second kappa shape index (κ2) is 5.36. The highest BCUT2D eigenvalue weighted by Gasteiger charge is 2.14. The molecule has 2 N–H and O–H groups in total. The van der Waals surface area contributed by atoms with Gasteiger partial charge in [0, 0.05) is 0 Å². The molecule has 106 valence electrons. The molecule has 0 saturated heterocycles. The van der Waals surface area contributed by atoms with Crippen molar-refractivity contribution < 1.29 is 9.47 Å². The van der Waals surface area contributed by atoms with Crippen LogP contribution in [-0.4, -0.2) is 17.1 Å². The molecule has 0 unspecified atom stereocenters. The topological polar surface area (TPSA) is 70.3 Å². The van der Waals surface area contributed by atoms with E-state index in [-0.39, 0.29) is 11.4 Å². The molecule has 1 aromatic carbocycles. The van der Waals surface area contributed by atoms with Crippen molar-refractivity contribution in [2.45, 2.75) is 26.2 Å². The van der Waals surface area contributed by atoms with Gasteiger partial charge < -0.3 is 15.2 Å². The molecule has 5 heteroatoms. The summed E-state index contributed by atoms with van der Waals surface area (Å²) in [5, 5.41) is 0. The zero-order chi connectivity index (χ0) is 14.8. The Morgan fingerprint density at radius 1 is 1.05 bits per heavy atom. The van der Waals surface area contributed by atoms with Gasteiger partial charge in [0.15, 0.2) is 0 Å². The molecule has 0 amide bonds. The van der Waals surface area contributed by atoms with Gasteiger partial charge in [0.25, 0.3) is 0 Å². The van der Waals surface area contributed by atoms with Gasteiger partial charge in [-0.05, 0) is 23.1 Å². The first-order chi connectivity index (χ1) is 9.38. The third kappa shape index (κ3) is 3.38. The second-order valence-electron chi connectivity index (χ2n) is 5.49. The fourth-order valence-corrected chi connectivity index (χ4v) is 1.72. The molecule has 1 aromatic heterocycles. The fourth-order valence-electron chi connectivity index (χ4n) is 1.72. The first kappa shape index (κ1) is 14.1. The third-order valence-electron chi connectivity index (χ3n) is 2.83. The highest BCUT2D eigenvalue weighted by Crippen LogP contribution is 2.28. The minimum atomic E-state index is 0.0573. The van der Waals surface area contributed by atoms with Crippen LogP contribution in [0.2, 0.25) is 0 Å². The Morgan fingerprint density at radius 2 is 1.75 bits per heavy atom. The largest absolute Gasteiger partial charge is 0.481 e. The van der Waals surface area contributed by atoms with Gasteiger partial charge in [-0.15, -0.1) is 0 Å². The molecule has 0 atom stereocenters.